The predicted molar refractivity (Wildman–Crippen MR) is 107 cm³/mol. The molecule has 1 unspecified atom stereocenters. The van der Waals surface area contributed by atoms with Gasteiger partial charge >= 0.3 is 0 Å². The fraction of sp³-hybridized carbons (Fsp3) is 0.400. The lowest BCUT2D eigenvalue weighted by atomic mass is 10.0. The second-order valence-corrected chi connectivity index (χ2v) is 8.25. The van der Waals surface area contributed by atoms with Crippen LogP contribution in [0.5, 0.6) is 0 Å². The Kier molecular flexibility index (Phi) is 5.13. The van der Waals surface area contributed by atoms with Crippen LogP contribution in [-0.4, -0.2) is 38.8 Å². The van der Waals surface area contributed by atoms with Gasteiger partial charge in [0.25, 0.3) is 5.56 Å². The number of carbonyl (C=O) groups excluding carboxylic acids is 1. The molecule has 8 heteroatoms. The molecule has 7 nitrogen and oxygen atoms in total. The van der Waals surface area contributed by atoms with Crippen LogP contribution in [0.1, 0.15) is 25.5 Å². The highest BCUT2D eigenvalue weighted by atomic mass is 32.1. The molecule has 1 aliphatic heterocycles. The highest BCUT2D eigenvalue weighted by Gasteiger charge is 2.23. The molecule has 4 rings (SSSR count). The van der Waals surface area contributed by atoms with Crippen LogP contribution in [0.4, 0.5) is 0 Å². The van der Waals surface area contributed by atoms with Crippen LogP contribution in [0.25, 0.3) is 21.9 Å². The zero-order valence-electron chi connectivity index (χ0n) is 15.9. The number of nitrogens with zero attached hydrogens (tertiary/aromatic N) is 4. The average Bonchev–Trinajstić information content (AvgIpc) is 3.35. The van der Waals surface area contributed by atoms with Gasteiger partial charge in [0.15, 0.2) is 5.76 Å². The van der Waals surface area contributed by atoms with Gasteiger partial charge in [-0.05, 0) is 37.1 Å². The van der Waals surface area contributed by atoms with Crippen molar-refractivity contribution >= 4 is 17.2 Å². The van der Waals surface area contributed by atoms with Crippen LogP contribution in [0.2, 0.25) is 0 Å². The number of amides is 1. The number of likely N-dealkylation sites (tertiary alicyclic amines) is 1. The van der Waals surface area contributed by atoms with Gasteiger partial charge in [0.1, 0.15) is 12.2 Å². The first-order valence-electron chi connectivity index (χ1n) is 9.39. The van der Waals surface area contributed by atoms with Gasteiger partial charge in [-0.15, -0.1) is 11.3 Å². The van der Waals surface area contributed by atoms with E-state index in [0.29, 0.717) is 22.9 Å². The zero-order valence-corrected chi connectivity index (χ0v) is 16.7. The molecular weight excluding hydrogens is 376 g/mol. The summed E-state index contributed by atoms with van der Waals surface area (Å²) in [6, 6.07) is 7.11. The SMILES string of the molecule is Cc1cc(-c2cc(=O)n(CC(=O)N3CCCC(C)C3)nc2-c2cccs2)on1. The van der Waals surface area contributed by atoms with Crippen molar-refractivity contribution < 1.29 is 9.32 Å². The normalized spacial score (nSPS) is 17.1. The average molecular weight is 398 g/mol. The molecule has 1 saturated heterocycles. The minimum atomic E-state index is -0.331. The Labute approximate surface area is 166 Å². The maximum Gasteiger partial charge on any atom is 0.268 e. The van der Waals surface area contributed by atoms with E-state index < -0.39 is 0 Å². The summed E-state index contributed by atoms with van der Waals surface area (Å²) >= 11 is 1.52. The molecule has 0 aromatic carbocycles. The van der Waals surface area contributed by atoms with E-state index in [0.717, 1.165) is 36.5 Å². The fourth-order valence-corrected chi connectivity index (χ4v) is 4.24. The Bertz CT molecular complexity index is 1040. The molecule has 1 amide bonds. The van der Waals surface area contributed by atoms with Gasteiger partial charge in [0.2, 0.25) is 5.91 Å². The summed E-state index contributed by atoms with van der Waals surface area (Å²) in [6.07, 6.45) is 2.13. The third kappa shape index (κ3) is 3.77. The molecule has 3 aromatic heterocycles. The van der Waals surface area contributed by atoms with Crippen molar-refractivity contribution in [2.24, 2.45) is 5.92 Å². The summed E-state index contributed by atoms with van der Waals surface area (Å²) < 4.78 is 6.62. The van der Waals surface area contributed by atoms with Crippen molar-refractivity contribution in [3.63, 3.8) is 0 Å². The molecule has 1 atom stereocenters. The van der Waals surface area contributed by atoms with Crippen LogP contribution < -0.4 is 5.56 Å². The van der Waals surface area contributed by atoms with Gasteiger partial charge in [0, 0.05) is 25.2 Å². The first kappa shape index (κ1) is 18.6. The van der Waals surface area contributed by atoms with E-state index in [1.54, 1.807) is 6.07 Å². The molecular formula is C20H22N4O3S. The molecule has 0 spiro atoms. The van der Waals surface area contributed by atoms with Gasteiger partial charge in [-0.1, -0.05) is 18.1 Å². The third-order valence-corrected chi connectivity index (χ3v) is 5.82. The number of piperidine rings is 1. The minimum Gasteiger partial charge on any atom is -0.356 e. The van der Waals surface area contributed by atoms with E-state index in [1.165, 1.54) is 22.1 Å². The van der Waals surface area contributed by atoms with Crippen molar-refractivity contribution in [3.8, 4) is 21.9 Å². The lowest BCUT2D eigenvalue weighted by Crippen LogP contribution is -2.42. The summed E-state index contributed by atoms with van der Waals surface area (Å²) in [7, 11) is 0. The van der Waals surface area contributed by atoms with Crippen LogP contribution in [0, 0.1) is 12.8 Å². The molecule has 0 radical (unpaired) electrons. The highest BCUT2D eigenvalue weighted by molar-refractivity contribution is 7.13. The molecule has 0 aliphatic carbocycles. The van der Waals surface area contributed by atoms with Crippen molar-refractivity contribution in [2.45, 2.75) is 33.2 Å². The summed E-state index contributed by atoms with van der Waals surface area (Å²) in [5.74, 6) is 0.913. The molecule has 0 saturated carbocycles. The van der Waals surface area contributed by atoms with Crippen LogP contribution in [0.3, 0.4) is 0 Å². The maximum atomic E-state index is 12.7. The molecule has 0 N–H and O–H groups in total. The standard InChI is InChI=1S/C20H22N4O3S/c1-13-5-3-7-23(11-13)19(26)12-24-18(25)10-15(16-9-14(2)22-27-16)20(21-24)17-6-4-8-28-17/h4,6,8-10,13H,3,5,7,11-12H2,1-2H3. The van der Waals surface area contributed by atoms with E-state index in [1.807, 2.05) is 29.3 Å². The van der Waals surface area contributed by atoms with E-state index in [4.69, 9.17) is 4.52 Å². The van der Waals surface area contributed by atoms with Crippen molar-refractivity contribution in [1.82, 2.24) is 19.8 Å². The number of thiophene rings is 1. The van der Waals surface area contributed by atoms with E-state index >= 15 is 0 Å². The molecule has 1 fully saturated rings. The Balaban J connectivity index is 1.70. The van der Waals surface area contributed by atoms with Gasteiger partial charge in [0.05, 0.1) is 16.1 Å². The minimum absolute atomic E-state index is 0.0559. The Morgan fingerprint density at radius 1 is 1.39 bits per heavy atom. The number of hydrogen-bond acceptors (Lipinski definition) is 6. The molecule has 3 aromatic rings. The number of hydrogen-bond donors (Lipinski definition) is 0. The van der Waals surface area contributed by atoms with Crippen LogP contribution in [0.15, 0.2) is 39.0 Å². The smallest absolute Gasteiger partial charge is 0.268 e. The number of aryl methyl sites for hydroxylation is 1. The molecule has 1 aliphatic rings. The monoisotopic (exact) mass is 398 g/mol. The second-order valence-electron chi connectivity index (χ2n) is 7.30. The summed E-state index contributed by atoms with van der Waals surface area (Å²) in [5.41, 5.74) is 1.60. The lowest BCUT2D eigenvalue weighted by molar-refractivity contribution is -0.133. The topological polar surface area (TPSA) is 81.2 Å². The molecule has 4 heterocycles. The molecule has 28 heavy (non-hydrogen) atoms. The van der Waals surface area contributed by atoms with Gasteiger partial charge in [-0.3, -0.25) is 9.59 Å². The van der Waals surface area contributed by atoms with Crippen molar-refractivity contribution in [2.75, 3.05) is 13.1 Å². The Morgan fingerprint density at radius 3 is 2.93 bits per heavy atom. The van der Waals surface area contributed by atoms with Crippen LogP contribution in [-0.2, 0) is 11.3 Å². The molecule has 0 bridgehead atoms. The zero-order chi connectivity index (χ0) is 19.7. The third-order valence-electron chi connectivity index (χ3n) is 4.94. The van der Waals surface area contributed by atoms with Gasteiger partial charge in [-0.2, -0.15) is 5.10 Å². The second kappa shape index (κ2) is 7.71. The summed E-state index contributed by atoms with van der Waals surface area (Å²) in [4.78, 5) is 28.2. The van der Waals surface area contributed by atoms with E-state index in [2.05, 4.69) is 17.2 Å². The number of rotatable bonds is 4. The number of carbonyl (C=O) groups is 1. The lowest BCUT2D eigenvalue weighted by Gasteiger charge is -2.31. The van der Waals surface area contributed by atoms with E-state index in [-0.39, 0.29) is 18.0 Å². The highest BCUT2D eigenvalue weighted by Crippen LogP contribution is 2.32. The molecule has 146 valence electrons. The van der Waals surface area contributed by atoms with Gasteiger partial charge < -0.3 is 9.42 Å². The maximum absolute atomic E-state index is 12.7. The van der Waals surface area contributed by atoms with Crippen molar-refractivity contribution in [1.29, 1.82) is 0 Å². The Hall–Kier alpha value is -2.74. The number of aromatic nitrogens is 3. The quantitative estimate of drug-likeness (QED) is 0.674. The van der Waals surface area contributed by atoms with Crippen molar-refractivity contribution in [3.05, 3.63) is 45.7 Å². The fourth-order valence-electron chi connectivity index (χ4n) is 3.52. The van der Waals surface area contributed by atoms with Gasteiger partial charge in [-0.25, -0.2) is 4.68 Å². The summed E-state index contributed by atoms with van der Waals surface area (Å²) in [5, 5.41) is 10.4. The van der Waals surface area contributed by atoms with Crippen LogP contribution >= 0.6 is 11.3 Å². The largest absolute Gasteiger partial charge is 0.356 e. The first-order chi connectivity index (χ1) is 13.5. The summed E-state index contributed by atoms with van der Waals surface area (Å²) in [6.45, 7) is 5.39. The van der Waals surface area contributed by atoms with E-state index in [9.17, 15) is 9.59 Å². The predicted octanol–water partition coefficient (Wildman–Crippen LogP) is 3.19. The first-order valence-corrected chi connectivity index (χ1v) is 10.3. The Morgan fingerprint density at radius 2 is 2.25 bits per heavy atom.